The number of nitrogens with zero attached hydrogens (tertiary/aromatic N) is 2. The molecule has 0 radical (unpaired) electrons. The Morgan fingerprint density at radius 3 is 2.10 bits per heavy atom. The first-order valence-electron chi connectivity index (χ1n) is 17.0. The predicted molar refractivity (Wildman–Crippen MR) is 187 cm³/mol. The Bertz CT molecular complexity index is 1900. The van der Waals surface area contributed by atoms with Crippen molar-refractivity contribution in [1.82, 2.24) is 41.5 Å². The molecule has 2 saturated heterocycles. The van der Waals surface area contributed by atoms with Gasteiger partial charge in [-0.25, -0.2) is 0 Å². The van der Waals surface area contributed by atoms with Crippen LogP contribution in [0.2, 0.25) is 0 Å². The predicted octanol–water partition coefficient (Wildman–Crippen LogP) is 0.282. The summed E-state index contributed by atoms with van der Waals surface area (Å²) in [6.45, 7) is -0.636. The number of H-pyrrole nitrogens is 1. The second kappa shape index (κ2) is 16.1. The number of amides is 6. The van der Waals surface area contributed by atoms with Crippen LogP contribution < -0.4 is 26.6 Å². The molecule has 6 amide bonds. The maximum Gasteiger partial charge on any atom is 0.246 e. The molecule has 0 bridgehead atoms. The second-order valence-electron chi connectivity index (χ2n) is 12.7. The van der Waals surface area contributed by atoms with Crippen LogP contribution in [0.25, 0.3) is 10.9 Å². The molecule has 0 spiro atoms. The first kappa shape index (κ1) is 34.8. The molecule has 4 heterocycles. The van der Waals surface area contributed by atoms with E-state index in [9.17, 15) is 28.8 Å². The van der Waals surface area contributed by atoms with Crippen LogP contribution in [0.3, 0.4) is 0 Å². The molecule has 2 aliphatic rings. The van der Waals surface area contributed by atoms with E-state index >= 15 is 0 Å². The van der Waals surface area contributed by atoms with Crippen molar-refractivity contribution in [2.24, 2.45) is 0 Å². The van der Waals surface area contributed by atoms with Gasteiger partial charge in [-0.15, -0.1) is 0 Å². The van der Waals surface area contributed by atoms with Crippen molar-refractivity contribution in [2.45, 2.75) is 56.3 Å². The molecule has 14 nitrogen and oxygen atoms in total. The number of nitrogens with one attached hydrogen (secondary N) is 6. The smallest absolute Gasteiger partial charge is 0.246 e. The van der Waals surface area contributed by atoms with Gasteiger partial charge in [0, 0.05) is 55.3 Å². The number of aromatic nitrogens is 2. The Hall–Kier alpha value is -6.05. The van der Waals surface area contributed by atoms with Crippen molar-refractivity contribution in [3.8, 4) is 0 Å². The van der Waals surface area contributed by atoms with E-state index in [-0.39, 0.29) is 25.8 Å². The van der Waals surface area contributed by atoms with Gasteiger partial charge >= 0.3 is 0 Å². The summed E-state index contributed by atoms with van der Waals surface area (Å²) in [5.74, 6) is -3.47. The lowest BCUT2D eigenvalue weighted by atomic mass is 10.0. The van der Waals surface area contributed by atoms with Crippen LogP contribution in [0.1, 0.15) is 29.5 Å². The number of carbonyl (C=O) groups is 6. The van der Waals surface area contributed by atoms with Gasteiger partial charge in [0.05, 0.1) is 13.1 Å². The van der Waals surface area contributed by atoms with Gasteiger partial charge in [0.15, 0.2) is 0 Å². The number of carbonyl (C=O) groups excluding carboxylic acids is 6. The number of hydrogen-bond donors (Lipinski definition) is 6. The highest BCUT2D eigenvalue weighted by atomic mass is 16.2. The minimum atomic E-state index is -1.14. The van der Waals surface area contributed by atoms with Crippen molar-refractivity contribution in [1.29, 1.82) is 0 Å². The van der Waals surface area contributed by atoms with Crippen molar-refractivity contribution in [3.05, 3.63) is 102 Å². The van der Waals surface area contributed by atoms with Crippen LogP contribution in [-0.4, -0.2) is 94.1 Å². The molecular weight excluding hydrogens is 652 g/mol. The number of pyridine rings is 1. The van der Waals surface area contributed by atoms with Crippen molar-refractivity contribution in [2.75, 3.05) is 19.6 Å². The molecule has 4 aromatic rings. The lowest BCUT2D eigenvalue weighted by Crippen LogP contribution is -2.58. The highest BCUT2D eigenvalue weighted by molar-refractivity contribution is 5.97. The van der Waals surface area contributed by atoms with Gasteiger partial charge in [-0.3, -0.25) is 33.8 Å². The van der Waals surface area contributed by atoms with Crippen LogP contribution in [0.5, 0.6) is 0 Å². The maximum atomic E-state index is 13.9. The van der Waals surface area contributed by atoms with Crippen molar-refractivity contribution >= 4 is 46.3 Å². The van der Waals surface area contributed by atoms with E-state index in [0.717, 1.165) is 22.0 Å². The SMILES string of the molecule is O=C1CNC(=O)[C@@H](Cc2c[nH]c3ccccc23)NC(=O)[C@@H](Cc2ccccc2)NC(=O)CNC(=O)[C@@H]2CCCN2C(=O)[C@H](Cc2cccnc2)N1. The Labute approximate surface area is 294 Å². The van der Waals surface area contributed by atoms with Gasteiger partial charge in [0.25, 0.3) is 0 Å². The van der Waals surface area contributed by atoms with Crippen molar-refractivity contribution in [3.63, 3.8) is 0 Å². The van der Waals surface area contributed by atoms with E-state index in [1.165, 1.54) is 4.90 Å². The molecule has 2 aromatic heterocycles. The molecule has 264 valence electrons. The molecule has 4 atom stereocenters. The molecule has 0 aliphatic carbocycles. The summed E-state index contributed by atoms with van der Waals surface area (Å²) in [5, 5.41) is 14.4. The fourth-order valence-electron chi connectivity index (χ4n) is 6.59. The number of hydrogen-bond acceptors (Lipinski definition) is 7. The summed E-state index contributed by atoms with van der Waals surface area (Å²) in [4.78, 5) is 90.3. The zero-order valence-electron chi connectivity index (χ0n) is 27.9. The number of rotatable bonds is 6. The van der Waals surface area contributed by atoms with Gasteiger partial charge in [-0.1, -0.05) is 54.6 Å². The number of aromatic amines is 1. The van der Waals surface area contributed by atoms with E-state index in [0.29, 0.717) is 18.4 Å². The highest BCUT2D eigenvalue weighted by Gasteiger charge is 2.38. The fraction of sp³-hybridized carbons (Fsp3) is 0.324. The largest absolute Gasteiger partial charge is 0.361 e. The van der Waals surface area contributed by atoms with E-state index in [1.54, 1.807) is 30.7 Å². The topological polar surface area (TPSA) is 194 Å². The molecule has 14 heteroatoms. The summed E-state index contributed by atoms with van der Waals surface area (Å²) in [7, 11) is 0. The molecule has 6 rings (SSSR count). The average molecular weight is 693 g/mol. The van der Waals surface area contributed by atoms with Crippen molar-refractivity contribution < 1.29 is 28.8 Å². The first-order valence-corrected chi connectivity index (χ1v) is 17.0. The number of fused-ring (bicyclic) bond motifs is 2. The van der Waals surface area contributed by atoms with Gasteiger partial charge in [-0.05, 0) is 41.7 Å². The lowest BCUT2D eigenvalue weighted by Gasteiger charge is -2.29. The molecular formula is C37H40N8O6. The van der Waals surface area contributed by atoms with E-state index in [2.05, 4.69) is 36.6 Å². The van der Waals surface area contributed by atoms with Gasteiger partial charge in [0.2, 0.25) is 35.4 Å². The van der Waals surface area contributed by atoms with Crippen LogP contribution in [0.4, 0.5) is 0 Å². The van der Waals surface area contributed by atoms with E-state index in [4.69, 9.17) is 0 Å². The minimum absolute atomic E-state index is 0.0731. The first-order chi connectivity index (χ1) is 24.7. The Balaban J connectivity index is 1.29. The molecule has 2 fully saturated rings. The Kier molecular flexibility index (Phi) is 11.0. The van der Waals surface area contributed by atoms with Crippen LogP contribution in [0, 0.1) is 0 Å². The summed E-state index contributed by atoms with van der Waals surface area (Å²) < 4.78 is 0. The zero-order valence-corrected chi connectivity index (χ0v) is 27.9. The van der Waals surface area contributed by atoms with Gasteiger partial charge < -0.3 is 36.5 Å². The summed E-state index contributed by atoms with van der Waals surface area (Å²) in [5.41, 5.74) is 3.05. The molecule has 51 heavy (non-hydrogen) atoms. The fourth-order valence-corrected chi connectivity index (χ4v) is 6.59. The Morgan fingerprint density at radius 1 is 0.667 bits per heavy atom. The van der Waals surface area contributed by atoms with Gasteiger partial charge in [0.1, 0.15) is 24.2 Å². The quantitative estimate of drug-likeness (QED) is 0.167. The third-order valence-electron chi connectivity index (χ3n) is 9.15. The standard InChI is InChI=1S/C37H40N8O6/c46-32-22-41-36(50)31-13-7-15-45(31)37(51)30(17-24-10-6-14-38-19-24)43-33(47)21-40-34(48)29(18-25-20-39-27-12-5-4-11-26(25)27)44-35(49)28(42-32)16-23-8-2-1-3-9-23/h1-6,8-12,14,19-20,28-31,39H,7,13,15-18,21-22H2,(H,40,48)(H,41,50)(H,42,46)(H,43,47)(H,44,49)/t28-,29-,30+,31+/m1/s1. The molecule has 2 aromatic carbocycles. The average Bonchev–Trinajstić information content (AvgIpc) is 3.80. The third-order valence-corrected chi connectivity index (χ3v) is 9.15. The Morgan fingerprint density at radius 2 is 1.33 bits per heavy atom. The number of para-hydroxylation sites is 1. The lowest BCUT2D eigenvalue weighted by molar-refractivity contribution is -0.141. The van der Waals surface area contributed by atoms with E-state index in [1.807, 2.05) is 54.6 Å². The molecule has 0 saturated carbocycles. The molecule has 6 N–H and O–H groups in total. The van der Waals surface area contributed by atoms with Gasteiger partial charge in [-0.2, -0.15) is 0 Å². The summed E-state index contributed by atoms with van der Waals surface area (Å²) in [6.07, 6.45) is 6.15. The second-order valence-corrected chi connectivity index (χ2v) is 12.7. The summed E-state index contributed by atoms with van der Waals surface area (Å²) in [6, 6.07) is 15.9. The minimum Gasteiger partial charge on any atom is -0.361 e. The maximum absolute atomic E-state index is 13.9. The summed E-state index contributed by atoms with van der Waals surface area (Å²) >= 11 is 0. The zero-order chi connectivity index (χ0) is 35.7. The van der Waals surface area contributed by atoms with E-state index < -0.39 is 72.7 Å². The molecule has 2 aliphatic heterocycles. The normalized spacial score (nSPS) is 22.5. The van der Waals surface area contributed by atoms with Crippen LogP contribution in [0.15, 0.2) is 85.3 Å². The third kappa shape index (κ3) is 8.76. The molecule has 0 unspecified atom stereocenters. The number of benzene rings is 2. The van der Waals surface area contributed by atoms with Crippen LogP contribution >= 0.6 is 0 Å². The highest BCUT2D eigenvalue weighted by Crippen LogP contribution is 2.21. The monoisotopic (exact) mass is 692 g/mol. The van der Waals surface area contributed by atoms with Crippen LogP contribution in [-0.2, 0) is 48.0 Å².